The number of aliphatic imine (C=N–C) groups is 1. The Morgan fingerprint density at radius 2 is 1.93 bits per heavy atom. The van der Waals surface area contributed by atoms with Crippen molar-refractivity contribution in [1.29, 1.82) is 0 Å². The molecule has 0 N–H and O–H groups in total. The first kappa shape index (κ1) is 6.54. The van der Waals surface area contributed by atoms with Gasteiger partial charge in [-0.1, -0.05) is 0 Å². The molecule has 7 nitrogen and oxygen atoms in total. The molecule has 0 aromatic heterocycles. The third kappa shape index (κ3) is 1.06. The maximum Gasteiger partial charge on any atom is 0.346 e. The van der Waals surface area contributed by atoms with Crippen LogP contribution in [0.2, 0.25) is 0 Å². The number of urea groups is 2. The van der Waals surface area contributed by atoms with E-state index in [2.05, 4.69) is 4.99 Å². The van der Waals surface area contributed by atoms with E-state index in [1.807, 2.05) is 0 Å². The van der Waals surface area contributed by atoms with Crippen LogP contribution in [0.5, 0.6) is 0 Å². The number of carbonyl (C=O) groups excluding carboxylic acids is 3. The van der Waals surface area contributed by atoms with Gasteiger partial charge < -0.3 is 4.90 Å². The quantitative estimate of drug-likeness (QED) is 0.536. The highest BCUT2D eigenvalue weighted by Crippen LogP contribution is 2.20. The van der Waals surface area contributed by atoms with Gasteiger partial charge in [-0.3, -0.25) is 14.6 Å². The number of nitrogens with zero attached hydrogens (tertiary/aromatic N) is 4. The summed E-state index contributed by atoms with van der Waals surface area (Å²) in [5, 5.41) is 0. The molecular weight excluding hydrogens is 200 g/mol. The second-order valence-electron chi connectivity index (χ2n) is 3.26. The van der Waals surface area contributed by atoms with Crippen LogP contribution < -0.4 is 0 Å². The zero-order valence-corrected chi connectivity index (χ0v) is 8.09. The van der Waals surface area contributed by atoms with Crippen LogP contribution in [0.1, 0.15) is 4.11 Å². The van der Waals surface area contributed by atoms with Crippen molar-refractivity contribution in [2.24, 2.45) is 4.99 Å². The summed E-state index contributed by atoms with van der Waals surface area (Å²) in [6, 6.07) is -3.06. The molecular formula is C8H10N4O3. The Kier molecular flexibility index (Phi) is 1.21. The number of rotatable bonds is 0. The zero-order valence-electron chi connectivity index (χ0n) is 11.1. The summed E-state index contributed by atoms with van der Waals surface area (Å²) in [4.78, 5) is 40.7. The number of imide groups is 1. The van der Waals surface area contributed by atoms with Crippen LogP contribution in [0.15, 0.2) is 4.99 Å². The molecule has 2 aliphatic rings. The van der Waals surface area contributed by atoms with Gasteiger partial charge in [-0.2, -0.15) is 4.99 Å². The van der Waals surface area contributed by atoms with Gasteiger partial charge in [-0.25, -0.2) is 9.59 Å². The lowest BCUT2D eigenvalue weighted by molar-refractivity contribution is -0.130. The van der Waals surface area contributed by atoms with E-state index < -0.39 is 31.0 Å². The Morgan fingerprint density at radius 3 is 2.53 bits per heavy atom. The third-order valence-electron chi connectivity index (χ3n) is 2.40. The summed E-state index contributed by atoms with van der Waals surface area (Å²) in [6.07, 6.45) is 0. The highest BCUT2D eigenvalue weighted by Gasteiger charge is 2.48. The average Bonchev–Trinajstić information content (AvgIpc) is 2.61. The molecule has 0 aromatic rings. The number of hydrogen-bond donors (Lipinski definition) is 0. The van der Waals surface area contributed by atoms with Crippen molar-refractivity contribution >= 4 is 23.8 Å². The van der Waals surface area contributed by atoms with Crippen molar-refractivity contribution in [1.82, 2.24) is 14.7 Å². The van der Waals surface area contributed by atoms with Crippen molar-refractivity contribution < 1.29 is 18.5 Å². The zero-order chi connectivity index (χ0) is 13.8. The van der Waals surface area contributed by atoms with Gasteiger partial charge >= 0.3 is 12.1 Å². The number of fused-ring (bicyclic) bond motifs is 1. The topological polar surface area (TPSA) is 73.3 Å². The fourth-order valence-corrected chi connectivity index (χ4v) is 1.52. The van der Waals surface area contributed by atoms with Gasteiger partial charge in [0.15, 0.2) is 11.9 Å². The van der Waals surface area contributed by atoms with Crippen LogP contribution >= 0.6 is 0 Å². The highest BCUT2D eigenvalue weighted by atomic mass is 16.2. The normalized spacial score (nSPS) is 29.9. The smallest absolute Gasteiger partial charge is 0.307 e. The number of amides is 5. The van der Waals surface area contributed by atoms with E-state index in [4.69, 9.17) is 4.11 Å². The molecule has 0 spiro atoms. The third-order valence-corrected chi connectivity index (χ3v) is 2.40. The number of likely N-dealkylation sites (N-methyl/N-ethyl adjacent to an activating group) is 3. The molecule has 2 aliphatic heterocycles. The summed E-state index contributed by atoms with van der Waals surface area (Å²) in [6.45, 7) is -2.79. The molecule has 80 valence electrons. The SMILES string of the molecule is [2H]C([2H])([2H])N1C(=O)N=C2C1C(=O)N(C)C(=O)N2C. The van der Waals surface area contributed by atoms with Crippen molar-refractivity contribution in [3.8, 4) is 0 Å². The molecule has 0 saturated carbocycles. The van der Waals surface area contributed by atoms with Crippen LogP contribution in [0.4, 0.5) is 9.59 Å². The molecule has 1 unspecified atom stereocenters. The van der Waals surface area contributed by atoms with Gasteiger partial charge in [-0.15, -0.1) is 0 Å². The molecule has 1 fully saturated rings. The molecule has 7 heteroatoms. The summed E-state index contributed by atoms with van der Waals surface area (Å²) in [5.41, 5.74) is 0. The Labute approximate surface area is 90.2 Å². The average molecular weight is 213 g/mol. The number of carbonyl (C=O) groups is 3. The second-order valence-corrected chi connectivity index (χ2v) is 3.26. The monoisotopic (exact) mass is 213 g/mol. The Morgan fingerprint density at radius 1 is 1.27 bits per heavy atom. The standard InChI is InChI=1S/C8H10N4O3/c1-10-4-5(9-7(10)14)11(2)8(15)12(3)6(4)13/h4H,1-3H3/i1D3. The van der Waals surface area contributed by atoms with E-state index >= 15 is 0 Å². The maximum absolute atomic E-state index is 11.9. The number of hydrogen-bond acceptors (Lipinski definition) is 3. The van der Waals surface area contributed by atoms with E-state index in [1.54, 1.807) is 0 Å². The Hall–Kier alpha value is -1.92. The van der Waals surface area contributed by atoms with Crippen molar-refractivity contribution in [2.45, 2.75) is 6.04 Å². The van der Waals surface area contributed by atoms with Gasteiger partial charge in [0.2, 0.25) is 0 Å². The number of amidine groups is 1. The minimum Gasteiger partial charge on any atom is -0.307 e. The predicted molar refractivity (Wildman–Crippen MR) is 50.3 cm³/mol. The highest BCUT2D eigenvalue weighted by molar-refractivity contribution is 6.25. The van der Waals surface area contributed by atoms with Crippen molar-refractivity contribution in [3.63, 3.8) is 0 Å². The molecule has 0 bridgehead atoms. The van der Waals surface area contributed by atoms with Gasteiger partial charge in [0.1, 0.15) is 0 Å². The fraction of sp³-hybridized carbons (Fsp3) is 0.500. The van der Waals surface area contributed by atoms with Crippen molar-refractivity contribution in [2.75, 3.05) is 21.1 Å². The summed E-state index contributed by atoms with van der Waals surface area (Å²) in [5.74, 6) is -0.928. The molecule has 15 heavy (non-hydrogen) atoms. The first-order valence-electron chi connectivity index (χ1n) is 5.63. The molecule has 1 saturated heterocycles. The summed E-state index contributed by atoms with van der Waals surface area (Å²) in [7, 11) is 2.55. The minimum absolute atomic E-state index is 0.149. The molecule has 0 radical (unpaired) electrons. The molecule has 2 heterocycles. The Balaban J connectivity index is 2.49. The Bertz CT molecular complexity index is 486. The van der Waals surface area contributed by atoms with Crippen LogP contribution in [-0.4, -0.2) is 65.6 Å². The summed E-state index contributed by atoms with van der Waals surface area (Å²) < 4.78 is 21.7. The van der Waals surface area contributed by atoms with Crippen LogP contribution in [0.25, 0.3) is 0 Å². The van der Waals surface area contributed by atoms with E-state index in [0.717, 1.165) is 9.80 Å². The van der Waals surface area contributed by atoms with E-state index in [-0.39, 0.29) is 5.84 Å². The first-order chi connectivity index (χ1) is 8.16. The molecule has 0 aliphatic carbocycles. The van der Waals surface area contributed by atoms with Crippen LogP contribution in [0, 0.1) is 0 Å². The molecule has 0 aromatic carbocycles. The predicted octanol–water partition coefficient (Wildman–Crippen LogP) is -0.657. The lowest BCUT2D eigenvalue weighted by Crippen LogP contribution is -2.61. The van der Waals surface area contributed by atoms with Gasteiger partial charge in [0.05, 0.1) is 0 Å². The fourth-order valence-electron chi connectivity index (χ4n) is 1.52. The van der Waals surface area contributed by atoms with E-state index in [9.17, 15) is 14.4 Å². The van der Waals surface area contributed by atoms with Crippen LogP contribution in [0.3, 0.4) is 0 Å². The molecule has 2 rings (SSSR count). The molecule has 1 atom stereocenters. The summed E-state index contributed by atoms with van der Waals surface area (Å²) >= 11 is 0. The maximum atomic E-state index is 11.9. The van der Waals surface area contributed by atoms with Crippen molar-refractivity contribution in [3.05, 3.63) is 0 Å². The van der Waals surface area contributed by atoms with E-state index in [0.29, 0.717) is 4.90 Å². The van der Waals surface area contributed by atoms with Gasteiger partial charge in [0, 0.05) is 25.2 Å². The lowest BCUT2D eigenvalue weighted by Gasteiger charge is -2.34. The lowest BCUT2D eigenvalue weighted by atomic mass is 10.2. The van der Waals surface area contributed by atoms with Gasteiger partial charge in [-0.05, 0) is 0 Å². The van der Waals surface area contributed by atoms with E-state index in [1.165, 1.54) is 14.1 Å². The first-order valence-corrected chi connectivity index (χ1v) is 4.13. The minimum atomic E-state index is -2.79. The van der Waals surface area contributed by atoms with Gasteiger partial charge in [0.25, 0.3) is 5.91 Å². The molecule has 5 amide bonds. The van der Waals surface area contributed by atoms with Crippen LogP contribution in [-0.2, 0) is 4.79 Å². The largest absolute Gasteiger partial charge is 0.346 e. The second kappa shape index (κ2) is 2.78.